The molecule has 2 N–H and O–H groups in total. The van der Waals surface area contributed by atoms with Crippen molar-refractivity contribution in [2.75, 3.05) is 32.8 Å². The molecule has 8 nitrogen and oxygen atoms in total. The van der Waals surface area contributed by atoms with E-state index in [0.717, 1.165) is 17.4 Å². The molecule has 0 aliphatic rings. The number of nitrogens with zero attached hydrogens (tertiary/aromatic N) is 1. The number of carbonyl (C=O) groups excluding carboxylic acids is 1. The first kappa shape index (κ1) is 29.5. The van der Waals surface area contributed by atoms with E-state index < -0.39 is 23.8 Å². The summed E-state index contributed by atoms with van der Waals surface area (Å²) in [4.78, 5) is 28.4. The number of anilines is 1. The summed E-state index contributed by atoms with van der Waals surface area (Å²) in [5, 5.41) is 13.8. The lowest BCUT2D eigenvalue weighted by Gasteiger charge is -2.17. The summed E-state index contributed by atoms with van der Waals surface area (Å²) >= 11 is 13.6. The van der Waals surface area contributed by atoms with Crippen LogP contribution in [0.25, 0.3) is 17.3 Å². The normalized spacial score (nSPS) is 12.3. The Morgan fingerprint density at radius 1 is 1.24 bits per heavy atom. The SMILES string of the molecule is CCOCCC(OC)c1cccc(-c2csc(NC(=O)c3cc(Cl)c(/C=C(/OC)C(=O)O)c(Cl)c3)n2)c1F. The highest BCUT2D eigenvalue weighted by Gasteiger charge is 2.21. The predicted octanol–water partition coefficient (Wildman–Crippen LogP) is 6.69. The molecule has 1 aromatic heterocycles. The number of ether oxygens (including phenoxy) is 3. The van der Waals surface area contributed by atoms with Gasteiger partial charge in [0, 0.05) is 54.4 Å². The van der Waals surface area contributed by atoms with Crippen LogP contribution in [0.3, 0.4) is 0 Å². The fourth-order valence-electron chi connectivity index (χ4n) is 3.55. The van der Waals surface area contributed by atoms with E-state index in [0.29, 0.717) is 30.9 Å². The molecule has 0 aliphatic heterocycles. The highest BCUT2D eigenvalue weighted by molar-refractivity contribution is 7.14. The maximum atomic E-state index is 15.4. The van der Waals surface area contributed by atoms with E-state index >= 15 is 4.39 Å². The lowest BCUT2D eigenvalue weighted by molar-refractivity contribution is -0.135. The summed E-state index contributed by atoms with van der Waals surface area (Å²) in [7, 11) is 2.72. The van der Waals surface area contributed by atoms with Crippen LogP contribution in [0, 0.1) is 5.82 Å². The Labute approximate surface area is 233 Å². The number of amides is 1. The van der Waals surface area contributed by atoms with Crippen molar-refractivity contribution in [1.29, 1.82) is 0 Å². The second-order valence-electron chi connectivity index (χ2n) is 7.78. The maximum absolute atomic E-state index is 15.4. The molecule has 0 saturated heterocycles. The largest absolute Gasteiger partial charge is 0.490 e. The highest BCUT2D eigenvalue weighted by atomic mass is 35.5. The summed E-state index contributed by atoms with van der Waals surface area (Å²) in [6.07, 6.45) is 1.17. The summed E-state index contributed by atoms with van der Waals surface area (Å²) in [6, 6.07) is 7.67. The van der Waals surface area contributed by atoms with Crippen LogP contribution in [-0.2, 0) is 19.0 Å². The van der Waals surface area contributed by atoms with E-state index in [2.05, 4.69) is 10.3 Å². The van der Waals surface area contributed by atoms with Gasteiger partial charge < -0.3 is 19.3 Å². The summed E-state index contributed by atoms with van der Waals surface area (Å²) in [5.41, 5.74) is 1.32. The second-order valence-corrected chi connectivity index (χ2v) is 9.45. The van der Waals surface area contributed by atoms with E-state index in [1.807, 2.05) is 6.92 Å². The number of carboxylic acid groups (broad SMARTS) is 1. The molecule has 3 rings (SSSR count). The average molecular weight is 583 g/mol. The molecule has 202 valence electrons. The van der Waals surface area contributed by atoms with Crippen molar-refractivity contribution >= 4 is 57.6 Å². The van der Waals surface area contributed by atoms with Crippen molar-refractivity contribution < 1.29 is 33.3 Å². The van der Waals surface area contributed by atoms with E-state index in [1.165, 1.54) is 26.4 Å². The van der Waals surface area contributed by atoms with E-state index in [-0.39, 0.29) is 37.6 Å². The smallest absolute Gasteiger partial charge is 0.371 e. The first-order valence-corrected chi connectivity index (χ1v) is 13.0. The zero-order valence-electron chi connectivity index (χ0n) is 20.7. The van der Waals surface area contributed by atoms with Gasteiger partial charge in [0.05, 0.1) is 29.0 Å². The lowest BCUT2D eigenvalue weighted by Crippen LogP contribution is -2.12. The molecular weight excluding hydrogens is 558 g/mol. The zero-order valence-corrected chi connectivity index (χ0v) is 23.0. The molecule has 1 amide bonds. The van der Waals surface area contributed by atoms with Crippen LogP contribution in [-0.4, -0.2) is 49.4 Å². The van der Waals surface area contributed by atoms with Gasteiger partial charge in [-0.05, 0) is 31.2 Å². The summed E-state index contributed by atoms with van der Waals surface area (Å²) in [5.74, 6) is -2.69. The molecule has 38 heavy (non-hydrogen) atoms. The zero-order chi connectivity index (χ0) is 27.8. The number of aliphatic carboxylic acids is 1. The van der Waals surface area contributed by atoms with Gasteiger partial charge in [-0.3, -0.25) is 10.1 Å². The third-order valence-corrected chi connectivity index (χ3v) is 6.82. The lowest BCUT2D eigenvalue weighted by atomic mass is 10.0. The molecule has 2 aromatic carbocycles. The number of carbonyl (C=O) groups is 2. The number of nitrogens with one attached hydrogen (secondary N) is 1. The minimum Gasteiger partial charge on any atom is -0.490 e. The summed E-state index contributed by atoms with van der Waals surface area (Å²) < 4.78 is 31.0. The van der Waals surface area contributed by atoms with E-state index in [1.54, 1.807) is 23.6 Å². The Balaban J connectivity index is 1.81. The molecular formula is C26H25Cl2FN2O6S. The Kier molecular flexibility index (Phi) is 10.6. The molecule has 0 spiro atoms. The van der Waals surface area contributed by atoms with Gasteiger partial charge in [0.15, 0.2) is 5.13 Å². The standard InChI is InChI=1S/C26H25Cl2FN2O6S/c1-4-37-9-8-21(35-2)16-7-5-6-15(23(16)29)20-13-38-26(30-20)31-24(32)14-10-18(27)17(19(28)11-14)12-22(36-3)25(33)34/h5-7,10-13,21H,4,8-9H2,1-3H3,(H,33,34)(H,30,31,32)/b22-12+. The predicted molar refractivity (Wildman–Crippen MR) is 145 cm³/mol. The van der Waals surface area contributed by atoms with Crippen LogP contribution in [0.4, 0.5) is 9.52 Å². The first-order chi connectivity index (χ1) is 18.2. The van der Waals surface area contributed by atoms with Crippen molar-refractivity contribution in [2.45, 2.75) is 19.4 Å². The van der Waals surface area contributed by atoms with Crippen molar-refractivity contribution in [3.05, 3.63) is 74.0 Å². The molecule has 1 unspecified atom stereocenters. The van der Waals surface area contributed by atoms with Crippen molar-refractivity contribution in [3.8, 4) is 11.3 Å². The third kappa shape index (κ3) is 7.09. The Bertz CT molecular complexity index is 1320. The minimum atomic E-state index is -1.30. The van der Waals surface area contributed by atoms with Gasteiger partial charge in [-0.2, -0.15) is 0 Å². The molecule has 1 atom stereocenters. The number of benzene rings is 2. The molecule has 0 aliphatic carbocycles. The topological polar surface area (TPSA) is 107 Å². The van der Waals surface area contributed by atoms with Crippen LogP contribution in [0.2, 0.25) is 10.0 Å². The number of methoxy groups -OCH3 is 2. The van der Waals surface area contributed by atoms with Crippen LogP contribution in [0.1, 0.15) is 40.9 Å². The number of aromatic nitrogens is 1. The number of rotatable bonds is 12. The molecule has 3 aromatic rings. The van der Waals surface area contributed by atoms with Gasteiger partial charge >= 0.3 is 5.97 Å². The van der Waals surface area contributed by atoms with Gasteiger partial charge in [0.1, 0.15) is 5.82 Å². The van der Waals surface area contributed by atoms with Gasteiger partial charge in [0.2, 0.25) is 5.76 Å². The van der Waals surface area contributed by atoms with Gasteiger partial charge in [-0.1, -0.05) is 35.3 Å². The number of thiazole rings is 1. The van der Waals surface area contributed by atoms with Crippen molar-refractivity contribution in [1.82, 2.24) is 4.98 Å². The van der Waals surface area contributed by atoms with Crippen LogP contribution < -0.4 is 5.32 Å². The Morgan fingerprint density at radius 3 is 2.55 bits per heavy atom. The average Bonchev–Trinajstić information content (AvgIpc) is 3.34. The van der Waals surface area contributed by atoms with Crippen LogP contribution in [0.5, 0.6) is 0 Å². The fraction of sp³-hybridized carbons (Fsp3) is 0.269. The third-order valence-electron chi connectivity index (χ3n) is 5.44. The molecule has 12 heteroatoms. The minimum absolute atomic E-state index is 0.0502. The van der Waals surface area contributed by atoms with E-state index in [4.69, 9.17) is 42.5 Å². The van der Waals surface area contributed by atoms with Gasteiger partial charge in [-0.25, -0.2) is 14.2 Å². The fourth-order valence-corrected chi connectivity index (χ4v) is 4.85. The molecule has 0 fully saturated rings. The number of hydrogen-bond acceptors (Lipinski definition) is 7. The summed E-state index contributed by atoms with van der Waals surface area (Å²) in [6.45, 7) is 2.88. The number of carboxylic acids is 1. The number of halogens is 3. The molecule has 0 bridgehead atoms. The first-order valence-electron chi connectivity index (χ1n) is 11.3. The van der Waals surface area contributed by atoms with Gasteiger partial charge in [-0.15, -0.1) is 11.3 Å². The molecule has 1 heterocycles. The Hall–Kier alpha value is -3.02. The molecule has 0 radical (unpaired) electrons. The second kappa shape index (κ2) is 13.7. The highest BCUT2D eigenvalue weighted by Crippen LogP contribution is 2.33. The van der Waals surface area contributed by atoms with Crippen molar-refractivity contribution in [2.24, 2.45) is 0 Å². The monoisotopic (exact) mass is 582 g/mol. The number of hydrogen-bond donors (Lipinski definition) is 2. The maximum Gasteiger partial charge on any atom is 0.371 e. The molecule has 0 saturated carbocycles. The van der Waals surface area contributed by atoms with E-state index in [9.17, 15) is 9.59 Å². The van der Waals surface area contributed by atoms with Crippen molar-refractivity contribution in [3.63, 3.8) is 0 Å². The van der Waals surface area contributed by atoms with Crippen LogP contribution >= 0.6 is 34.5 Å². The van der Waals surface area contributed by atoms with Crippen LogP contribution in [0.15, 0.2) is 41.5 Å². The Morgan fingerprint density at radius 2 is 1.95 bits per heavy atom. The quantitative estimate of drug-likeness (QED) is 0.139. The van der Waals surface area contributed by atoms with Gasteiger partial charge in [0.25, 0.3) is 5.91 Å².